The summed E-state index contributed by atoms with van der Waals surface area (Å²) in [7, 11) is 0. The summed E-state index contributed by atoms with van der Waals surface area (Å²) in [5.74, 6) is -4.96. The van der Waals surface area contributed by atoms with Crippen molar-refractivity contribution in [3.05, 3.63) is 40.2 Å². The van der Waals surface area contributed by atoms with Crippen LogP contribution in [0, 0.1) is 6.92 Å². The van der Waals surface area contributed by atoms with Gasteiger partial charge in [-0.15, -0.1) is 0 Å². The van der Waals surface area contributed by atoms with Crippen LogP contribution in [0.5, 0.6) is 5.75 Å². The number of aryl methyl sites for hydroxylation is 1. The Morgan fingerprint density at radius 1 is 0.672 bits per heavy atom. The predicted molar refractivity (Wildman–Crippen MR) is 202 cm³/mol. The quantitative estimate of drug-likeness (QED) is 0.0786. The first-order valence-corrected chi connectivity index (χ1v) is 19.8. The minimum absolute atomic E-state index is 0.0133. The van der Waals surface area contributed by atoms with Crippen LogP contribution in [-0.4, -0.2) is 205 Å². The molecule has 0 saturated carbocycles. The van der Waals surface area contributed by atoms with E-state index >= 15 is 0 Å². The molecular formula is C38H50N2O24. The van der Waals surface area contributed by atoms with Gasteiger partial charge in [-0.2, -0.15) is 0 Å². The third-order valence-corrected chi connectivity index (χ3v) is 11.0. The van der Waals surface area contributed by atoms with Gasteiger partial charge in [0.05, 0.1) is 19.3 Å². The van der Waals surface area contributed by atoms with E-state index in [1.54, 1.807) is 13.0 Å². The van der Waals surface area contributed by atoms with Gasteiger partial charge in [-0.05, 0) is 24.6 Å². The number of amides is 2. The zero-order valence-electron chi connectivity index (χ0n) is 34.1. The topological polar surface area (TPSA) is 399 Å². The number of carbonyl (C=O) groups excluding carboxylic acids is 2. The van der Waals surface area contributed by atoms with Gasteiger partial charge >= 0.3 is 17.6 Å². The lowest BCUT2D eigenvalue weighted by Crippen LogP contribution is -2.70. The van der Waals surface area contributed by atoms with Gasteiger partial charge in [0.15, 0.2) is 31.1 Å². The van der Waals surface area contributed by atoms with Crippen LogP contribution in [0.15, 0.2) is 33.5 Å². The van der Waals surface area contributed by atoms with Gasteiger partial charge < -0.3 is 104 Å². The van der Waals surface area contributed by atoms with E-state index in [-0.39, 0.29) is 11.3 Å². The standard InChI is InChI=1S/C38H50N2O24/c1-11-6-21(46)57-17-7-14(4-5-15(11)17)56-35-22(39-12(2)43)29(25(48)19(9-41)59-35)62-38-28(51)27(50)31(32(64-38)34(54)55)63-36-23(40-13(3)44)30(26(49)20(10-42)60-36)61-37-24(47)16(45)8-18(58-37)33(52)53/h4-7,16,18-20,22-32,35-38,41-42,45,47-51H,8-10H2,1-3H3,(H,39,43)(H,40,44)(H,52,53)(H,54,55)/t16-,18-,19+,20+,22+,23+,24+,25+,26+,27+,28+,29+,30+,31-,32-,35+,36-,37-,38+/m0/s1. The van der Waals surface area contributed by atoms with Crippen molar-refractivity contribution in [1.82, 2.24) is 10.6 Å². The second-order valence-corrected chi connectivity index (χ2v) is 15.6. The van der Waals surface area contributed by atoms with Crippen molar-refractivity contribution in [3.8, 4) is 5.75 Å². The number of hydrogen-bond acceptors (Lipinski definition) is 22. The van der Waals surface area contributed by atoms with Crippen molar-refractivity contribution in [2.45, 2.75) is 144 Å². The first kappa shape index (κ1) is 49.0. The van der Waals surface area contributed by atoms with Gasteiger partial charge in [0.1, 0.15) is 84.5 Å². The molecule has 4 fully saturated rings. The van der Waals surface area contributed by atoms with Crippen LogP contribution >= 0.6 is 0 Å². The average Bonchev–Trinajstić information content (AvgIpc) is 3.22. The van der Waals surface area contributed by atoms with E-state index in [1.807, 2.05) is 0 Å². The number of aliphatic hydroxyl groups is 8. The van der Waals surface area contributed by atoms with E-state index in [2.05, 4.69) is 10.6 Å². The molecule has 0 radical (unpaired) electrons. The average molecular weight is 919 g/mol. The van der Waals surface area contributed by atoms with Crippen LogP contribution in [0.1, 0.15) is 25.8 Å². The van der Waals surface area contributed by atoms with E-state index < -0.39 is 166 Å². The Labute approximate surface area is 360 Å². The summed E-state index contributed by atoms with van der Waals surface area (Å²) in [6.45, 7) is 1.89. The number of rotatable bonds is 14. The molecular weight excluding hydrogens is 868 g/mol. The fourth-order valence-electron chi connectivity index (χ4n) is 7.84. The first-order chi connectivity index (χ1) is 30.2. The Kier molecular flexibility index (Phi) is 15.6. The number of aliphatic hydroxyl groups excluding tert-OH is 8. The molecule has 26 nitrogen and oxygen atoms in total. The molecule has 4 saturated heterocycles. The molecule has 5 heterocycles. The number of aliphatic carboxylic acids is 2. The molecule has 0 spiro atoms. The van der Waals surface area contributed by atoms with Gasteiger partial charge in [-0.3, -0.25) is 9.59 Å². The van der Waals surface area contributed by atoms with Crippen molar-refractivity contribution in [2.75, 3.05) is 13.2 Å². The van der Waals surface area contributed by atoms with E-state index in [1.165, 1.54) is 18.2 Å². The number of fused-ring (bicyclic) bond motifs is 1. The Bertz CT molecular complexity index is 2050. The van der Waals surface area contributed by atoms with Gasteiger partial charge in [0.25, 0.3) is 0 Å². The highest BCUT2D eigenvalue weighted by Crippen LogP contribution is 2.35. The summed E-state index contributed by atoms with van der Waals surface area (Å²) in [6.07, 6.45) is -33.3. The maximum absolute atomic E-state index is 12.8. The second-order valence-electron chi connectivity index (χ2n) is 15.6. The lowest BCUT2D eigenvalue weighted by Gasteiger charge is -2.49. The molecule has 4 aliphatic rings. The van der Waals surface area contributed by atoms with E-state index in [4.69, 9.17) is 42.3 Å². The summed E-state index contributed by atoms with van der Waals surface area (Å²) in [6, 6.07) is 2.36. The molecule has 2 aromatic rings. The van der Waals surface area contributed by atoms with Crippen LogP contribution in [-0.2, 0) is 52.3 Å². The molecule has 0 aliphatic carbocycles. The third kappa shape index (κ3) is 10.5. The smallest absolute Gasteiger partial charge is 0.336 e. The lowest BCUT2D eigenvalue weighted by molar-refractivity contribution is -0.366. The molecule has 2 amide bonds. The third-order valence-electron chi connectivity index (χ3n) is 11.0. The zero-order valence-corrected chi connectivity index (χ0v) is 34.1. The number of hydrogen-bond donors (Lipinski definition) is 12. The summed E-state index contributed by atoms with van der Waals surface area (Å²) in [4.78, 5) is 61.5. The van der Waals surface area contributed by atoms with E-state index in [9.17, 15) is 75.0 Å². The molecule has 6 rings (SSSR count). The molecule has 4 aliphatic heterocycles. The lowest BCUT2D eigenvalue weighted by atomic mass is 9.94. The van der Waals surface area contributed by atoms with Crippen molar-refractivity contribution >= 4 is 34.7 Å². The maximum Gasteiger partial charge on any atom is 0.336 e. The van der Waals surface area contributed by atoms with Crippen molar-refractivity contribution in [3.63, 3.8) is 0 Å². The van der Waals surface area contributed by atoms with E-state index in [0.29, 0.717) is 10.9 Å². The largest absolute Gasteiger partial charge is 0.479 e. The first-order valence-electron chi connectivity index (χ1n) is 19.8. The summed E-state index contributed by atoms with van der Waals surface area (Å²) in [5.41, 5.74) is 0.0536. The molecule has 0 bridgehead atoms. The molecule has 1 aromatic heterocycles. The molecule has 356 valence electrons. The second kappa shape index (κ2) is 20.4. The minimum Gasteiger partial charge on any atom is -0.479 e. The summed E-state index contributed by atoms with van der Waals surface area (Å²) in [5, 5.41) is 112. The number of carboxylic acids is 2. The maximum atomic E-state index is 12.8. The predicted octanol–water partition coefficient (Wildman–Crippen LogP) is -5.75. The summed E-state index contributed by atoms with van der Waals surface area (Å²) < 4.78 is 51.0. The Hall–Kier alpha value is -4.49. The van der Waals surface area contributed by atoms with E-state index in [0.717, 1.165) is 13.8 Å². The van der Waals surface area contributed by atoms with Crippen LogP contribution < -0.4 is 21.0 Å². The number of carboxylic acid groups (broad SMARTS) is 2. The van der Waals surface area contributed by atoms with Crippen LogP contribution in [0.25, 0.3) is 11.0 Å². The molecule has 0 unspecified atom stereocenters. The number of carbonyl (C=O) groups is 4. The van der Waals surface area contributed by atoms with Gasteiger partial charge in [0, 0.05) is 37.8 Å². The zero-order chi connectivity index (χ0) is 46.9. The number of nitrogens with one attached hydrogen (secondary N) is 2. The highest BCUT2D eigenvalue weighted by molar-refractivity contribution is 5.81. The normalized spacial score (nSPS) is 39.1. The highest BCUT2D eigenvalue weighted by atomic mass is 16.8. The van der Waals surface area contributed by atoms with Gasteiger partial charge in [-0.25, -0.2) is 14.4 Å². The fraction of sp³-hybridized carbons (Fsp3) is 0.658. The van der Waals surface area contributed by atoms with Crippen molar-refractivity contribution in [2.24, 2.45) is 0 Å². The van der Waals surface area contributed by atoms with Gasteiger partial charge in [-0.1, -0.05) is 0 Å². The monoisotopic (exact) mass is 918 g/mol. The van der Waals surface area contributed by atoms with Gasteiger partial charge in [0.2, 0.25) is 18.1 Å². The number of ether oxygens (including phenoxy) is 8. The van der Waals surface area contributed by atoms with Crippen molar-refractivity contribution < 1.29 is 113 Å². The minimum atomic E-state index is -2.32. The van der Waals surface area contributed by atoms with Crippen LogP contribution in [0.2, 0.25) is 0 Å². The highest BCUT2D eigenvalue weighted by Gasteiger charge is 2.57. The molecule has 64 heavy (non-hydrogen) atoms. The Morgan fingerprint density at radius 3 is 1.77 bits per heavy atom. The summed E-state index contributed by atoms with van der Waals surface area (Å²) >= 11 is 0. The van der Waals surface area contributed by atoms with Crippen LogP contribution in [0.3, 0.4) is 0 Å². The molecule has 19 atom stereocenters. The molecule has 12 N–H and O–H groups in total. The Morgan fingerprint density at radius 2 is 1.22 bits per heavy atom. The Balaban J connectivity index is 1.26. The molecule has 1 aromatic carbocycles. The number of benzene rings is 1. The SMILES string of the molecule is CC(=O)N[C@H]1[C@H](Oc2ccc3c(C)cc(=O)oc3c2)O[C@H](CO)[C@@H](O)[C@@H]1O[C@@H]1O[C@H](C(=O)O)[C@@H](O[C@@H]2O[C@H](CO)[C@@H](O)[C@H](O[C@@H]3O[C@H](C(=O)O)C[C@H](O)[C@H]3O)[C@H]2NC(C)=O)[C@H](O)[C@H]1O. The van der Waals surface area contributed by atoms with Crippen LogP contribution in [0.4, 0.5) is 0 Å². The van der Waals surface area contributed by atoms with Crippen molar-refractivity contribution in [1.29, 1.82) is 0 Å². The fourth-order valence-corrected chi connectivity index (χ4v) is 7.84. The molecule has 26 heteroatoms.